The number of fused-ring (bicyclic) bond motifs is 2. The molecule has 3 aliphatic heterocycles. The molecule has 0 unspecified atom stereocenters. The van der Waals surface area contributed by atoms with Gasteiger partial charge in [0.2, 0.25) is 11.8 Å². The first-order chi connectivity index (χ1) is 18.7. The number of carbonyl (C=O) groups excluding carboxylic acids is 3. The molecular weight excluding hydrogens is 569 g/mol. The summed E-state index contributed by atoms with van der Waals surface area (Å²) in [6.07, 6.45) is 4.20. The van der Waals surface area contributed by atoms with Gasteiger partial charge in [-0.15, -0.1) is 16.9 Å². The predicted molar refractivity (Wildman–Crippen MR) is 140 cm³/mol. The predicted octanol–water partition coefficient (Wildman–Crippen LogP) is -2.81. The Bertz CT molecular complexity index is 1500. The number of likely N-dealkylation sites (tertiary alicyclic amines) is 1. The van der Waals surface area contributed by atoms with Crippen molar-refractivity contribution in [1.29, 1.82) is 0 Å². The van der Waals surface area contributed by atoms with E-state index in [9.17, 15) is 29.4 Å². The van der Waals surface area contributed by atoms with Gasteiger partial charge in [-0.25, -0.2) is 9.78 Å². The van der Waals surface area contributed by atoms with Crippen molar-refractivity contribution >= 4 is 53.0 Å². The number of carboxylic acid groups (broad SMARTS) is 1. The summed E-state index contributed by atoms with van der Waals surface area (Å²) in [6, 6.07) is 1.19. The molecule has 0 spiro atoms. The summed E-state index contributed by atoms with van der Waals surface area (Å²) in [7, 11) is 0. The molecule has 2 aromatic rings. The molecule has 4 aliphatic rings. The van der Waals surface area contributed by atoms with Crippen molar-refractivity contribution in [2.45, 2.75) is 55.3 Å². The van der Waals surface area contributed by atoms with E-state index in [1.807, 2.05) is 4.90 Å². The zero-order valence-corrected chi connectivity index (χ0v) is 25.5. The van der Waals surface area contributed by atoms with Gasteiger partial charge in [-0.3, -0.25) is 19.3 Å². The molecule has 3 amide bonds. The number of thioether (sulfide) groups is 2. The van der Waals surface area contributed by atoms with Crippen LogP contribution in [-0.2, 0) is 25.8 Å². The Morgan fingerprint density at radius 2 is 2.08 bits per heavy atom. The standard InChI is InChI=1S/C24H25N7O6S2.Na.H/c1-11-6-17(31-24(25-11)26-15(8-32)28-31)38-10-16(33)27-18-21(35)30-19(23(36)37)13(9-39-22(18)30)7-12-4-5-29(20(12)34)14-2-3-14;;/h6-7,14,18,22,32H,2-5,8-10H2,1H3,(H,27,33)(H,36,37);;/q;+1;-1/b12-7+;;/t18-,22-;;/m1../s1. The molecule has 6 rings (SSSR count). The average Bonchev–Trinajstić information content (AvgIpc) is 3.57. The normalized spacial score (nSPS) is 23.4. The summed E-state index contributed by atoms with van der Waals surface area (Å²) < 4.78 is 1.45. The minimum atomic E-state index is -1.24. The molecule has 13 nitrogen and oxygen atoms in total. The number of aromatic nitrogens is 4. The number of aliphatic hydroxyl groups excluding tert-OH is 1. The maximum atomic E-state index is 13.0. The fraction of sp³-hybridized carbons (Fsp3) is 0.458. The summed E-state index contributed by atoms with van der Waals surface area (Å²) >= 11 is 2.54. The van der Waals surface area contributed by atoms with Crippen molar-refractivity contribution in [3.63, 3.8) is 0 Å². The van der Waals surface area contributed by atoms with E-state index in [0.717, 1.165) is 12.8 Å². The molecule has 0 aromatic carbocycles. The Hall–Kier alpha value is -2.43. The van der Waals surface area contributed by atoms with Gasteiger partial charge in [0, 0.05) is 29.6 Å². The smallest absolute Gasteiger partial charge is 1.00 e. The van der Waals surface area contributed by atoms with E-state index >= 15 is 0 Å². The van der Waals surface area contributed by atoms with Crippen molar-refractivity contribution in [3.05, 3.63) is 40.5 Å². The van der Waals surface area contributed by atoms with Crippen LogP contribution in [0.4, 0.5) is 0 Å². The first kappa shape index (κ1) is 29.1. The summed E-state index contributed by atoms with van der Waals surface area (Å²) in [5.74, 6) is -1.38. The van der Waals surface area contributed by atoms with Gasteiger partial charge < -0.3 is 21.9 Å². The van der Waals surface area contributed by atoms with E-state index in [1.54, 1.807) is 19.1 Å². The summed E-state index contributed by atoms with van der Waals surface area (Å²) in [5.41, 5.74) is 1.55. The van der Waals surface area contributed by atoms with Crippen LogP contribution in [0.25, 0.3) is 5.78 Å². The minimum Gasteiger partial charge on any atom is -1.00 e. The first-order valence-electron chi connectivity index (χ1n) is 12.4. The molecule has 2 saturated heterocycles. The third kappa shape index (κ3) is 5.30. The number of nitrogens with zero attached hydrogens (tertiary/aromatic N) is 6. The third-order valence-corrected chi connectivity index (χ3v) is 9.25. The number of β-lactam (4-membered cyclic amide) rings is 1. The van der Waals surface area contributed by atoms with Crippen molar-refractivity contribution in [2.75, 3.05) is 18.1 Å². The molecular formula is C24H26N7NaO6S2. The Morgan fingerprint density at radius 3 is 2.77 bits per heavy atom. The number of allylic oxidation sites excluding steroid dienone is 1. The van der Waals surface area contributed by atoms with Gasteiger partial charge >= 0.3 is 35.5 Å². The zero-order valence-electron chi connectivity index (χ0n) is 22.9. The zero-order chi connectivity index (χ0) is 27.4. The molecule has 3 N–H and O–H groups in total. The Kier molecular flexibility index (Phi) is 8.32. The van der Waals surface area contributed by atoms with Gasteiger partial charge in [0.25, 0.3) is 11.7 Å². The van der Waals surface area contributed by atoms with E-state index in [0.29, 0.717) is 52.4 Å². The largest absolute Gasteiger partial charge is 1.00 e. The molecule has 40 heavy (non-hydrogen) atoms. The van der Waals surface area contributed by atoms with E-state index in [1.165, 1.54) is 32.9 Å². The maximum absolute atomic E-state index is 13.0. The van der Waals surface area contributed by atoms with Crippen molar-refractivity contribution in [2.24, 2.45) is 0 Å². The van der Waals surface area contributed by atoms with Crippen LogP contribution in [0.1, 0.15) is 32.2 Å². The summed E-state index contributed by atoms with van der Waals surface area (Å²) in [5, 5.41) is 26.2. The van der Waals surface area contributed by atoms with Gasteiger partial charge in [0.1, 0.15) is 28.7 Å². The topological polar surface area (TPSA) is 170 Å². The Balaban J connectivity index is 0.00000194. The Morgan fingerprint density at radius 1 is 1.30 bits per heavy atom. The number of hydrogen-bond acceptors (Lipinski definition) is 10. The van der Waals surface area contributed by atoms with Crippen molar-refractivity contribution in [1.82, 2.24) is 34.7 Å². The van der Waals surface area contributed by atoms with Crippen LogP contribution < -0.4 is 34.9 Å². The number of hydrogen-bond donors (Lipinski definition) is 3. The van der Waals surface area contributed by atoms with E-state index in [4.69, 9.17) is 0 Å². The van der Waals surface area contributed by atoms with Gasteiger partial charge in [-0.2, -0.15) is 9.50 Å². The van der Waals surface area contributed by atoms with Crippen LogP contribution >= 0.6 is 23.5 Å². The second-order valence-electron chi connectivity index (χ2n) is 9.71. The van der Waals surface area contributed by atoms with Crippen molar-refractivity contribution < 1.29 is 60.4 Å². The summed E-state index contributed by atoms with van der Waals surface area (Å²) in [6.45, 7) is 2.08. The van der Waals surface area contributed by atoms with Crippen LogP contribution in [0.2, 0.25) is 0 Å². The molecule has 0 radical (unpaired) electrons. The van der Waals surface area contributed by atoms with E-state index in [-0.39, 0.29) is 60.8 Å². The number of aliphatic carboxylic acids is 1. The fourth-order valence-corrected chi connectivity index (χ4v) is 7.15. The Labute approximate surface area is 260 Å². The number of aliphatic hydroxyl groups is 1. The SMILES string of the molecule is Cc1cc(SCC(=O)N[C@@H]2C(=O)N3C(C(=O)O)=C(/C=C4\CCN(C5CC5)C4=O)CS[C@H]23)n2nc(CO)nc2n1.[H-].[Na+]. The van der Waals surface area contributed by atoms with Crippen LogP contribution in [0, 0.1) is 6.92 Å². The third-order valence-electron chi connectivity index (χ3n) is 6.95. The molecule has 206 valence electrons. The molecule has 2 atom stereocenters. The quantitative estimate of drug-likeness (QED) is 0.0947. The maximum Gasteiger partial charge on any atom is 1.00 e. The minimum absolute atomic E-state index is 0. The van der Waals surface area contributed by atoms with Gasteiger partial charge in [0.15, 0.2) is 5.82 Å². The van der Waals surface area contributed by atoms with Crippen LogP contribution in [0.5, 0.6) is 0 Å². The van der Waals surface area contributed by atoms with Gasteiger partial charge in [-0.05, 0) is 43.9 Å². The number of amides is 3. The van der Waals surface area contributed by atoms with Gasteiger partial charge in [0.05, 0.1) is 5.75 Å². The van der Waals surface area contributed by atoms with E-state index < -0.39 is 29.2 Å². The molecule has 0 bridgehead atoms. The number of carbonyl (C=O) groups is 4. The monoisotopic (exact) mass is 595 g/mol. The number of rotatable bonds is 8. The first-order valence-corrected chi connectivity index (χ1v) is 14.5. The average molecular weight is 596 g/mol. The van der Waals surface area contributed by atoms with Crippen LogP contribution in [0.3, 0.4) is 0 Å². The van der Waals surface area contributed by atoms with Crippen LogP contribution in [-0.4, -0.2) is 98.8 Å². The second-order valence-corrected chi connectivity index (χ2v) is 11.8. The summed E-state index contributed by atoms with van der Waals surface area (Å²) in [4.78, 5) is 62.1. The number of carboxylic acids is 1. The molecule has 3 fully saturated rings. The van der Waals surface area contributed by atoms with Gasteiger partial charge in [-0.1, -0.05) is 11.8 Å². The van der Waals surface area contributed by atoms with Crippen molar-refractivity contribution in [3.8, 4) is 0 Å². The molecule has 16 heteroatoms. The molecule has 1 saturated carbocycles. The molecule has 1 aliphatic carbocycles. The molecule has 2 aromatic heterocycles. The number of aryl methyl sites for hydroxylation is 1. The number of nitrogens with one attached hydrogen (secondary N) is 1. The molecule has 5 heterocycles. The van der Waals surface area contributed by atoms with E-state index in [2.05, 4.69) is 20.4 Å². The second kappa shape index (κ2) is 11.4. The van der Waals surface area contributed by atoms with Crippen LogP contribution in [0.15, 0.2) is 34.0 Å². The fourth-order valence-electron chi connectivity index (χ4n) is 4.99.